The summed E-state index contributed by atoms with van der Waals surface area (Å²) in [6.07, 6.45) is 1.85. The van der Waals surface area contributed by atoms with E-state index in [1.165, 1.54) is 78.1 Å². The van der Waals surface area contributed by atoms with E-state index in [4.69, 9.17) is 9.72 Å². The number of aromatic nitrogens is 2. The molecular weight excluding hydrogens is 805 g/mol. The molecule has 5 nitrogen and oxygen atoms in total. The van der Waals surface area contributed by atoms with Crippen molar-refractivity contribution in [1.29, 1.82) is 0 Å². The first-order valence-corrected chi connectivity index (χ1v) is 22.6. The Labute approximate surface area is 382 Å². The summed E-state index contributed by atoms with van der Waals surface area (Å²) in [5.41, 5.74) is 18.7. The van der Waals surface area contributed by atoms with Crippen molar-refractivity contribution in [3.05, 3.63) is 253 Å². The van der Waals surface area contributed by atoms with Crippen LogP contribution in [0.5, 0.6) is 11.5 Å². The Hall–Kier alpha value is -8.67. The zero-order valence-corrected chi connectivity index (χ0v) is 35.8. The fourth-order valence-electron chi connectivity index (χ4n) is 11.5. The minimum Gasteiger partial charge on any atom is -0.457 e. The van der Waals surface area contributed by atoms with Gasteiger partial charge < -0.3 is 14.5 Å². The third-order valence-corrected chi connectivity index (χ3v) is 14.1. The Balaban J connectivity index is 0.992. The van der Waals surface area contributed by atoms with Crippen molar-refractivity contribution in [2.45, 2.75) is 5.41 Å². The van der Waals surface area contributed by atoms with E-state index in [0.717, 1.165) is 39.4 Å². The highest BCUT2D eigenvalue weighted by Gasteiger charge is 2.54. The average molecular weight is 845 g/mol. The van der Waals surface area contributed by atoms with Gasteiger partial charge >= 0.3 is 0 Å². The van der Waals surface area contributed by atoms with E-state index in [1.807, 2.05) is 18.3 Å². The topological polar surface area (TPSA) is 33.5 Å². The third kappa shape index (κ3) is 5.14. The second kappa shape index (κ2) is 14.2. The second-order valence-corrected chi connectivity index (χ2v) is 17.4. The number of para-hydroxylation sites is 3. The molecule has 5 heteroatoms. The molecule has 1 spiro atoms. The fourth-order valence-corrected chi connectivity index (χ4v) is 11.5. The van der Waals surface area contributed by atoms with Gasteiger partial charge in [-0.1, -0.05) is 170 Å². The van der Waals surface area contributed by atoms with E-state index in [-0.39, 0.29) is 0 Å². The SMILES string of the molecule is c1ccc(-c2cccc(-c3ccccc3)c2N2CN3c4cc(Oc5ccc6c7ccccc7n(-c7ccccn7)c6c5)ccc4C4(c5ccccc5-c5ccccc54)c4cccc2c43)cc1. The maximum atomic E-state index is 7.02. The van der Waals surface area contributed by atoms with Crippen molar-refractivity contribution in [2.24, 2.45) is 0 Å². The molecule has 0 saturated carbocycles. The molecule has 2 aromatic heterocycles. The number of hydrogen-bond donors (Lipinski definition) is 0. The Morgan fingerprint density at radius 3 is 1.70 bits per heavy atom. The molecule has 0 unspecified atom stereocenters. The van der Waals surface area contributed by atoms with Crippen molar-refractivity contribution in [3.63, 3.8) is 0 Å². The summed E-state index contributed by atoms with van der Waals surface area (Å²) in [5.74, 6) is 2.41. The number of pyridine rings is 1. The van der Waals surface area contributed by atoms with Crippen LogP contribution >= 0.6 is 0 Å². The van der Waals surface area contributed by atoms with Gasteiger partial charge in [-0.2, -0.15) is 0 Å². The van der Waals surface area contributed by atoms with E-state index < -0.39 is 5.41 Å². The highest BCUT2D eigenvalue weighted by molar-refractivity contribution is 6.09. The van der Waals surface area contributed by atoms with Gasteiger partial charge in [0.1, 0.15) is 24.0 Å². The number of hydrogen-bond acceptors (Lipinski definition) is 4. The van der Waals surface area contributed by atoms with Crippen LogP contribution in [0.4, 0.5) is 22.7 Å². The molecule has 0 amide bonds. The molecule has 0 atom stereocenters. The lowest BCUT2D eigenvalue weighted by molar-refractivity contribution is 0.482. The van der Waals surface area contributed by atoms with Gasteiger partial charge in [-0.15, -0.1) is 0 Å². The number of ether oxygens (including phenoxy) is 1. The van der Waals surface area contributed by atoms with Gasteiger partial charge in [0.25, 0.3) is 0 Å². The standard InChI is InChI=1S/C61H40N4O/c1-3-17-40(18-4-1)44-24-15-25-45(41-19-5-2-6-20-41)59(44)63-39-64-57-38-43(66-42-32-34-49-48-23-9-12-29-54(48)65(56(49)37-42)58-31-13-14-36-62-58)33-35-52(57)61(53-28-16-30-55(63)60(53)64)50-26-10-7-21-46(50)47-22-8-11-27-51(47)61/h1-38H,39H2. The van der Waals surface area contributed by atoms with E-state index in [1.54, 1.807) is 0 Å². The van der Waals surface area contributed by atoms with Crippen molar-refractivity contribution >= 4 is 44.6 Å². The van der Waals surface area contributed by atoms with E-state index in [9.17, 15) is 0 Å². The lowest BCUT2D eigenvalue weighted by Crippen LogP contribution is -2.37. The number of nitrogens with zero attached hydrogens (tertiary/aromatic N) is 4. The van der Waals surface area contributed by atoms with Gasteiger partial charge in [-0.3, -0.25) is 4.57 Å². The summed E-state index contributed by atoms with van der Waals surface area (Å²) in [6.45, 7) is 0.613. The van der Waals surface area contributed by atoms with Gasteiger partial charge in [-0.25, -0.2) is 4.98 Å². The second-order valence-electron chi connectivity index (χ2n) is 17.4. The zero-order chi connectivity index (χ0) is 43.3. The molecule has 0 radical (unpaired) electrons. The van der Waals surface area contributed by atoms with Crippen molar-refractivity contribution in [2.75, 3.05) is 16.5 Å². The van der Waals surface area contributed by atoms with E-state index in [0.29, 0.717) is 6.67 Å². The molecule has 0 N–H and O–H groups in total. The highest BCUT2D eigenvalue weighted by Crippen LogP contribution is 2.66. The molecule has 3 aliphatic rings. The quantitative estimate of drug-likeness (QED) is 0.167. The summed E-state index contributed by atoms with van der Waals surface area (Å²) >= 11 is 0. The Morgan fingerprint density at radius 1 is 0.394 bits per heavy atom. The third-order valence-electron chi connectivity index (χ3n) is 14.1. The molecule has 14 rings (SSSR count). The Morgan fingerprint density at radius 2 is 0.970 bits per heavy atom. The monoisotopic (exact) mass is 844 g/mol. The number of benzene rings is 9. The minimum atomic E-state index is -0.567. The van der Waals surface area contributed by atoms with Crippen molar-refractivity contribution in [1.82, 2.24) is 9.55 Å². The van der Waals surface area contributed by atoms with Crippen LogP contribution in [0, 0.1) is 0 Å². The summed E-state index contributed by atoms with van der Waals surface area (Å²) in [5, 5.41) is 2.33. The van der Waals surface area contributed by atoms with Crippen LogP contribution in [0.3, 0.4) is 0 Å². The maximum Gasteiger partial charge on any atom is 0.137 e. The summed E-state index contributed by atoms with van der Waals surface area (Å²) in [4.78, 5) is 9.87. The number of anilines is 4. The van der Waals surface area contributed by atoms with Crippen LogP contribution in [0.15, 0.2) is 231 Å². The van der Waals surface area contributed by atoms with Crippen molar-refractivity contribution in [3.8, 4) is 50.7 Å². The first-order valence-electron chi connectivity index (χ1n) is 22.6. The fraction of sp³-hybridized carbons (Fsp3) is 0.0328. The van der Waals surface area contributed by atoms with Gasteiger partial charge in [0.2, 0.25) is 0 Å². The number of fused-ring (bicyclic) bond motifs is 12. The van der Waals surface area contributed by atoms with Gasteiger partial charge in [-0.05, 0) is 87.0 Å². The van der Waals surface area contributed by atoms with E-state index in [2.05, 4.69) is 227 Å². The number of rotatable bonds is 6. The maximum absolute atomic E-state index is 7.02. The summed E-state index contributed by atoms with van der Waals surface area (Å²) in [6, 6.07) is 81.2. The smallest absolute Gasteiger partial charge is 0.137 e. The summed E-state index contributed by atoms with van der Waals surface area (Å²) < 4.78 is 9.25. The van der Waals surface area contributed by atoms with Crippen LogP contribution < -0.4 is 14.5 Å². The largest absolute Gasteiger partial charge is 0.457 e. The Bertz CT molecular complexity index is 3630. The zero-order valence-electron chi connectivity index (χ0n) is 35.8. The summed E-state index contributed by atoms with van der Waals surface area (Å²) in [7, 11) is 0. The lowest BCUT2D eigenvalue weighted by Gasteiger charge is -2.43. The van der Waals surface area contributed by atoms with Crippen LogP contribution in [0.2, 0.25) is 0 Å². The van der Waals surface area contributed by atoms with Crippen LogP contribution in [0.25, 0.3) is 61.0 Å². The molecule has 0 bridgehead atoms. The van der Waals surface area contributed by atoms with Crippen molar-refractivity contribution < 1.29 is 4.74 Å². The lowest BCUT2D eigenvalue weighted by atomic mass is 9.65. The molecule has 11 aromatic rings. The predicted octanol–water partition coefficient (Wildman–Crippen LogP) is 15.2. The predicted molar refractivity (Wildman–Crippen MR) is 269 cm³/mol. The van der Waals surface area contributed by atoms with E-state index >= 15 is 0 Å². The molecule has 310 valence electrons. The first kappa shape index (κ1) is 36.8. The minimum absolute atomic E-state index is 0.567. The molecule has 4 heterocycles. The molecule has 1 aliphatic carbocycles. The Kier molecular flexibility index (Phi) is 7.89. The molecule has 2 aliphatic heterocycles. The average Bonchev–Trinajstić information content (AvgIpc) is 4.03. The van der Waals surface area contributed by atoms with Crippen LogP contribution in [-0.4, -0.2) is 16.2 Å². The molecule has 0 fully saturated rings. The molecular formula is C61H40N4O. The molecule has 0 saturated heterocycles. The van der Waals surface area contributed by atoms with Gasteiger partial charge in [0, 0.05) is 40.2 Å². The molecule has 9 aromatic carbocycles. The van der Waals surface area contributed by atoms with Crippen LogP contribution in [0.1, 0.15) is 22.3 Å². The highest BCUT2D eigenvalue weighted by atomic mass is 16.5. The molecule has 66 heavy (non-hydrogen) atoms. The normalized spacial score (nSPS) is 13.8. The van der Waals surface area contributed by atoms with Gasteiger partial charge in [0.05, 0.1) is 39.2 Å². The first-order chi connectivity index (χ1) is 32.8. The van der Waals surface area contributed by atoms with Gasteiger partial charge in [0.15, 0.2) is 0 Å². The van der Waals surface area contributed by atoms with Crippen LogP contribution in [-0.2, 0) is 5.41 Å².